The second kappa shape index (κ2) is 6.75. The third-order valence-electron chi connectivity index (χ3n) is 2.66. The molecular weight excluding hydrogens is 238 g/mol. The first kappa shape index (κ1) is 14.2. The van der Waals surface area contributed by atoms with Gasteiger partial charge in [-0.15, -0.1) is 6.58 Å². The van der Waals surface area contributed by atoms with Crippen molar-refractivity contribution in [2.45, 2.75) is 18.9 Å². The molecule has 7 heteroatoms. The molecule has 0 aliphatic carbocycles. The second-order valence-electron chi connectivity index (χ2n) is 4.01. The lowest BCUT2D eigenvalue weighted by Crippen LogP contribution is -2.47. The van der Waals surface area contributed by atoms with E-state index in [2.05, 4.69) is 17.2 Å². The van der Waals surface area contributed by atoms with Gasteiger partial charge in [-0.05, 0) is 19.4 Å². The Labute approximate surface area is 105 Å². The number of carboxylic acids is 1. The van der Waals surface area contributed by atoms with Crippen LogP contribution in [0.1, 0.15) is 12.8 Å². The minimum atomic E-state index is -0.934. The largest absolute Gasteiger partial charge is 0.480 e. The molecule has 1 fully saturated rings. The predicted molar refractivity (Wildman–Crippen MR) is 64.0 cm³/mol. The number of carboxylic acid groups (broad SMARTS) is 1. The molecule has 0 aromatic heterocycles. The monoisotopic (exact) mass is 255 g/mol. The molecule has 3 N–H and O–H groups in total. The molecule has 0 radical (unpaired) electrons. The molecule has 100 valence electrons. The van der Waals surface area contributed by atoms with Crippen LogP contribution in [0.15, 0.2) is 12.7 Å². The van der Waals surface area contributed by atoms with E-state index in [4.69, 9.17) is 5.11 Å². The number of nitrogens with zero attached hydrogens (tertiary/aromatic N) is 1. The van der Waals surface area contributed by atoms with Crippen LogP contribution in [-0.4, -0.2) is 53.6 Å². The third kappa shape index (κ3) is 4.17. The van der Waals surface area contributed by atoms with E-state index in [1.54, 1.807) is 4.90 Å². The normalized spacial score (nSPS) is 19.2. The first-order valence-corrected chi connectivity index (χ1v) is 5.70. The second-order valence-corrected chi connectivity index (χ2v) is 4.01. The maximum atomic E-state index is 11.5. The van der Waals surface area contributed by atoms with Crippen LogP contribution in [0, 0.1) is 0 Å². The maximum absolute atomic E-state index is 11.5. The number of carbonyl (C=O) groups is 3. The number of amides is 3. The highest BCUT2D eigenvalue weighted by molar-refractivity contribution is 5.95. The highest BCUT2D eigenvalue weighted by atomic mass is 16.4. The van der Waals surface area contributed by atoms with Crippen LogP contribution in [0.4, 0.5) is 4.79 Å². The van der Waals surface area contributed by atoms with Gasteiger partial charge in [0.25, 0.3) is 0 Å². The van der Waals surface area contributed by atoms with Gasteiger partial charge in [0.2, 0.25) is 5.91 Å². The Bertz CT molecular complexity index is 356. The molecule has 7 nitrogen and oxygen atoms in total. The average Bonchev–Trinajstić information content (AvgIpc) is 2.74. The summed E-state index contributed by atoms with van der Waals surface area (Å²) in [4.78, 5) is 35.1. The van der Waals surface area contributed by atoms with E-state index in [-0.39, 0.29) is 13.1 Å². The molecule has 0 spiro atoms. The molecule has 0 unspecified atom stereocenters. The highest BCUT2D eigenvalue weighted by Gasteiger charge is 2.31. The van der Waals surface area contributed by atoms with Crippen LogP contribution < -0.4 is 10.6 Å². The van der Waals surface area contributed by atoms with E-state index in [9.17, 15) is 14.4 Å². The van der Waals surface area contributed by atoms with Crippen LogP contribution in [0.2, 0.25) is 0 Å². The summed E-state index contributed by atoms with van der Waals surface area (Å²) in [5.74, 6) is -1.44. The molecule has 1 aliphatic rings. The predicted octanol–water partition coefficient (Wildman–Crippen LogP) is -0.453. The topological polar surface area (TPSA) is 98.7 Å². The van der Waals surface area contributed by atoms with Crippen molar-refractivity contribution in [1.82, 2.24) is 15.5 Å². The number of hydrogen-bond donors (Lipinski definition) is 3. The molecule has 1 saturated heterocycles. The number of urea groups is 1. The van der Waals surface area contributed by atoms with Gasteiger partial charge in [-0.1, -0.05) is 6.08 Å². The minimum absolute atomic E-state index is 0.0848. The van der Waals surface area contributed by atoms with Crippen molar-refractivity contribution in [3.63, 3.8) is 0 Å². The zero-order chi connectivity index (χ0) is 13.5. The van der Waals surface area contributed by atoms with Crippen molar-refractivity contribution in [2.75, 3.05) is 19.6 Å². The number of hydrogen-bond acceptors (Lipinski definition) is 4. The fraction of sp³-hybridized carbons (Fsp3) is 0.545. The van der Waals surface area contributed by atoms with Gasteiger partial charge in [0.15, 0.2) is 0 Å². The summed E-state index contributed by atoms with van der Waals surface area (Å²) in [6, 6.07) is -1.24. The van der Waals surface area contributed by atoms with Gasteiger partial charge in [-0.25, -0.2) is 4.79 Å². The summed E-state index contributed by atoms with van der Waals surface area (Å²) >= 11 is 0. The Morgan fingerprint density at radius 3 is 2.78 bits per heavy atom. The average molecular weight is 255 g/mol. The summed E-state index contributed by atoms with van der Waals surface area (Å²) in [6.45, 7) is 4.16. The van der Waals surface area contributed by atoms with E-state index < -0.39 is 23.9 Å². The van der Waals surface area contributed by atoms with E-state index in [0.29, 0.717) is 13.0 Å². The van der Waals surface area contributed by atoms with Crippen molar-refractivity contribution >= 4 is 17.9 Å². The summed E-state index contributed by atoms with van der Waals surface area (Å²) in [5, 5.41) is 13.5. The van der Waals surface area contributed by atoms with E-state index in [1.807, 2.05) is 0 Å². The van der Waals surface area contributed by atoms with Crippen molar-refractivity contribution in [1.29, 1.82) is 0 Å². The number of nitrogens with one attached hydrogen (secondary N) is 2. The Morgan fingerprint density at radius 2 is 2.17 bits per heavy atom. The van der Waals surface area contributed by atoms with Crippen LogP contribution in [0.25, 0.3) is 0 Å². The number of imide groups is 1. The van der Waals surface area contributed by atoms with E-state index in [1.165, 1.54) is 6.08 Å². The molecule has 0 saturated carbocycles. The molecule has 1 heterocycles. The lowest BCUT2D eigenvalue weighted by atomic mass is 10.2. The first-order chi connectivity index (χ1) is 8.54. The fourth-order valence-corrected chi connectivity index (χ4v) is 1.85. The van der Waals surface area contributed by atoms with Crippen LogP contribution in [0.3, 0.4) is 0 Å². The number of rotatable bonds is 5. The van der Waals surface area contributed by atoms with Crippen LogP contribution >= 0.6 is 0 Å². The molecule has 1 rings (SSSR count). The Kier molecular flexibility index (Phi) is 5.31. The van der Waals surface area contributed by atoms with Gasteiger partial charge in [-0.2, -0.15) is 0 Å². The number of likely N-dealkylation sites (tertiary alicyclic amines) is 1. The Balaban J connectivity index is 2.37. The summed E-state index contributed by atoms with van der Waals surface area (Å²) < 4.78 is 0. The smallest absolute Gasteiger partial charge is 0.321 e. The van der Waals surface area contributed by atoms with Gasteiger partial charge in [-0.3, -0.25) is 19.8 Å². The SMILES string of the molecule is C=CCNC(=O)NC(=O)CN1CCC[C@H]1C(=O)O. The van der Waals surface area contributed by atoms with Gasteiger partial charge in [0, 0.05) is 6.54 Å². The molecule has 0 bridgehead atoms. The van der Waals surface area contributed by atoms with Crippen molar-refractivity contribution in [3.05, 3.63) is 12.7 Å². The van der Waals surface area contributed by atoms with Crippen LogP contribution in [0.5, 0.6) is 0 Å². The van der Waals surface area contributed by atoms with Crippen LogP contribution in [-0.2, 0) is 9.59 Å². The summed E-state index contributed by atoms with van der Waals surface area (Å²) in [6.07, 6.45) is 2.77. The lowest BCUT2D eigenvalue weighted by molar-refractivity contribution is -0.142. The molecular formula is C11H17N3O4. The van der Waals surface area contributed by atoms with Crippen molar-refractivity contribution < 1.29 is 19.5 Å². The molecule has 1 aliphatic heterocycles. The summed E-state index contributed by atoms with van der Waals surface area (Å²) in [5.41, 5.74) is 0. The Morgan fingerprint density at radius 1 is 1.44 bits per heavy atom. The van der Waals surface area contributed by atoms with Gasteiger partial charge in [0.05, 0.1) is 6.54 Å². The number of carbonyl (C=O) groups excluding carboxylic acids is 2. The first-order valence-electron chi connectivity index (χ1n) is 5.70. The zero-order valence-electron chi connectivity index (χ0n) is 10.0. The zero-order valence-corrected chi connectivity index (χ0v) is 10.0. The molecule has 3 amide bonds. The van der Waals surface area contributed by atoms with Gasteiger partial charge in [0.1, 0.15) is 6.04 Å². The summed E-state index contributed by atoms with van der Waals surface area (Å²) in [7, 11) is 0. The third-order valence-corrected chi connectivity index (χ3v) is 2.66. The number of aliphatic carboxylic acids is 1. The Hall–Kier alpha value is -1.89. The lowest BCUT2D eigenvalue weighted by Gasteiger charge is -2.19. The quantitative estimate of drug-likeness (QED) is 0.578. The highest BCUT2D eigenvalue weighted by Crippen LogP contribution is 2.16. The molecule has 0 aromatic rings. The minimum Gasteiger partial charge on any atom is -0.480 e. The van der Waals surface area contributed by atoms with Gasteiger partial charge < -0.3 is 10.4 Å². The maximum Gasteiger partial charge on any atom is 0.321 e. The van der Waals surface area contributed by atoms with Crippen molar-refractivity contribution in [2.24, 2.45) is 0 Å². The molecule has 0 aromatic carbocycles. The van der Waals surface area contributed by atoms with E-state index >= 15 is 0 Å². The van der Waals surface area contributed by atoms with Crippen molar-refractivity contribution in [3.8, 4) is 0 Å². The van der Waals surface area contributed by atoms with Gasteiger partial charge >= 0.3 is 12.0 Å². The molecule has 1 atom stereocenters. The molecule has 18 heavy (non-hydrogen) atoms. The standard InChI is InChI=1S/C11H17N3O4/c1-2-5-12-11(18)13-9(15)7-14-6-3-4-8(14)10(16)17/h2,8H,1,3-7H2,(H,16,17)(H2,12,13,15,18)/t8-/m0/s1. The van der Waals surface area contributed by atoms with E-state index in [0.717, 1.165) is 6.42 Å². The fourth-order valence-electron chi connectivity index (χ4n) is 1.85.